The zero-order chi connectivity index (χ0) is 15.0. The molecule has 0 aliphatic carbocycles. The highest BCUT2D eigenvalue weighted by Gasteiger charge is 2.22. The minimum atomic E-state index is -0.490. The molecule has 0 spiro atoms. The second kappa shape index (κ2) is 5.27. The molecule has 4 nitrogen and oxygen atoms in total. The van der Waals surface area contributed by atoms with Crippen molar-refractivity contribution in [3.8, 4) is 0 Å². The SMILES string of the molecule is Cc1ccc(F)c(C(NN)c2nn(C)c3ccccc23)c1. The number of nitrogens with one attached hydrogen (secondary N) is 1. The van der Waals surface area contributed by atoms with Crippen molar-refractivity contribution in [3.05, 3.63) is 65.1 Å². The third-order valence-corrected chi connectivity index (χ3v) is 3.69. The van der Waals surface area contributed by atoms with E-state index in [1.165, 1.54) is 6.07 Å². The Kier molecular flexibility index (Phi) is 3.45. The summed E-state index contributed by atoms with van der Waals surface area (Å²) < 4.78 is 15.9. The topological polar surface area (TPSA) is 55.9 Å². The average Bonchev–Trinajstić information content (AvgIpc) is 2.81. The molecule has 0 aliphatic rings. The van der Waals surface area contributed by atoms with E-state index in [1.807, 2.05) is 38.2 Å². The summed E-state index contributed by atoms with van der Waals surface area (Å²) in [4.78, 5) is 0. The van der Waals surface area contributed by atoms with Gasteiger partial charge in [-0.3, -0.25) is 10.5 Å². The molecule has 1 heterocycles. The maximum atomic E-state index is 14.2. The molecule has 2 aromatic carbocycles. The molecule has 3 N–H and O–H groups in total. The molecule has 0 amide bonds. The molecule has 1 unspecified atom stereocenters. The number of aryl methyl sites for hydroxylation is 2. The highest BCUT2D eigenvalue weighted by atomic mass is 19.1. The van der Waals surface area contributed by atoms with E-state index in [0.29, 0.717) is 5.56 Å². The van der Waals surface area contributed by atoms with Crippen molar-refractivity contribution >= 4 is 10.9 Å². The van der Waals surface area contributed by atoms with Crippen LogP contribution in [0.5, 0.6) is 0 Å². The van der Waals surface area contributed by atoms with Gasteiger partial charge < -0.3 is 0 Å². The number of hydrazine groups is 1. The zero-order valence-electron chi connectivity index (χ0n) is 12.0. The lowest BCUT2D eigenvalue weighted by molar-refractivity contribution is 0.549. The molecule has 0 bridgehead atoms. The highest BCUT2D eigenvalue weighted by Crippen LogP contribution is 2.29. The lowest BCUT2D eigenvalue weighted by atomic mass is 9.99. The van der Waals surface area contributed by atoms with E-state index >= 15 is 0 Å². The van der Waals surface area contributed by atoms with Gasteiger partial charge in [0.25, 0.3) is 0 Å². The van der Waals surface area contributed by atoms with Crippen molar-refractivity contribution < 1.29 is 4.39 Å². The fourth-order valence-electron chi connectivity index (χ4n) is 2.66. The molecule has 0 saturated carbocycles. The summed E-state index contributed by atoms with van der Waals surface area (Å²) >= 11 is 0. The van der Waals surface area contributed by atoms with Crippen LogP contribution in [0.2, 0.25) is 0 Å². The van der Waals surface area contributed by atoms with Crippen LogP contribution < -0.4 is 11.3 Å². The quantitative estimate of drug-likeness (QED) is 0.574. The van der Waals surface area contributed by atoms with Crippen molar-refractivity contribution in [2.24, 2.45) is 12.9 Å². The Bertz CT molecular complexity index is 794. The Morgan fingerprint density at radius 1 is 1.24 bits per heavy atom. The maximum Gasteiger partial charge on any atom is 0.128 e. The van der Waals surface area contributed by atoms with E-state index in [0.717, 1.165) is 22.2 Å². The fourth-order valence-corrected chi connectivity index (χ4v) is 2.66. The van der Waals surface area contributed by atoms with Gasteiger partial charge in [0.2, 0.25) is 0 Å². The smallest absolute Gasteiger partial charge is 0.128 e. The monoisotopic (exact) mass is 284 g/mol. The number of fused-ring (bicyclic) bond motifs is 1. The first-order valence-electron chi connectivity index (χ1n) is 6.75. The summed E-state index contributed by atoms with van der Waals surface area (Å²) in [6.45, 7) is 1.92. The third-order valence-electron chi connectivity index (χ3n) is 3.69. The van der Waals surface area contributed by atoms with Crippen LogP contribution >= 0.6 is 0 Å². The maximum absolute atomic E-state index is 14.2. The molecule has 0 fully saturated rings. The summed E-state index contributed by atoms with van der Waals surface area (Å²) in [7, 11) is 1.87. The van der Waals surface area contributed by atoms with Crippen LogP contribution in [0.25, 0.3) is 10.9 Å². The first-order chi connectivity index (χ1) is 10.1. The predicted octanol–water partition coefficient (Wildman–Crippen LogP) is 2.57. The lowest BCUT2D eigenvalue weighted by Crippen LogP contribution is -2.30. The van der Waals surface area contributed by atoms with Crippen molar-refractivity contribution in [1.82, 2.24) is 15.2 Å². The molecule has 1 aromatic heterocycles. The summed E-state index contributed by atoms with van der Waals surface area (Å²) in [5, 5.41) is 5.48. The molecular weight excluding hydrogens is 267 g/mol. The standard InChI is InChI=1S/C16H17FN4/c1-10-7-8-13(17)12(9-10)15(19-18)16-11-5-3-4-6-14(11)21(2)20-16/h3-9,15,19H,18H2,1-2H3. The minimum absolute atomic E-state index is 0.293. The van der Waals surface area contributed by atoms with Gasteiger partial charge in [-0.2, -0.15) is 5.10 Å². The second-order valence-electron chi connectivity index (χ2n) is 5.15. The average molecular weight is 284 g/mol. The van der Waals surface area contributed by atoms with Crippen LogP contribution in [-0.4, -0.2) is 9.78 Å². The largest absolute Gasteiger partial charge is 0.271 e. The van der Waals surface area contributed by atoms with Crippen LogP contribution in [0.3, 0.4) is 0 Å². The van der Waals surface area contributed by atoms with Gasteiger partial charge >= 0.3 is 0 Å². The fraction of sp³-hybridized carbons (Fsp3) is 0.188. The number of nitrogens with zero attached hydrogens (tertiary/aromatic N) is 2. The van der Waals surface area contributed by atoms with Gasteiger partial charge in [-0.05, 0) is 19.1 Å². The normalized spacial score (nSPS) is 12.8. The van der Waals surface area contributed by atoms with E-state index in [9.17, 15) is 4.39 Å². The Morgan fingerprint density at radius 2 is 2.00 bits per heavy atom. The molecule has 108 valence electrons. The summed E-state index contributed by atoms with van der Waals surface area (Å²) in [6.07, 6.45) is 0. The van der Waals surface area contributed by atoms with Gasteiger partial charge in [0.15, 0.2) is 0 Å². The van der Waals surface area contributed by atoms with Gasteiger partial charge in [0, 0.05) is 18.0 Å². The lowest BCUT2D eigenvalue weighted by Gasteiger charge is -2.16. The van der Waals surface area contributed by atoms with E-state index in [4.69, 9.17) is 5.84 Å². The Morgan fingerprint density at radius 3 is 2.76 bits per heavy atom. The van der Waals surface area contributed by atoms with E-state index in [1.54, 1.807) is 16.8 Å². The molecule has 3 rings (SSSR count). The number of hydrogen-bond acceptors (Lipinski definition) is 3. The zero-order valence-corrected chi connectivity index (χ0v) is 12.0. The van der Waals surface area contributed by atoms with Crippen LogP contribution in [0.1, 0.15) is 22.9 Å². The molecule has 0 radical (unpaired) electrons. The number of hydrogen-bond donors (Lipinski definition) is 2. The molecule has 5 heteroatoms. The van der Waals surface area contributed by atoms with Crippen molar-refractivity contribution in [1.29, 1.82) is 0 Å². The van der Waals surface area contributed by atoms with Gasteiger partial charge in [0.1, 0.15) is 5.82 Å². The van der Waals surface area contributed by atoms with Crippen molar-refractivity contribution in [2.45, 2.75) is 13.0 Å². The molecule has 3 aromatic rings. The third kappa shape index (κ3) is 2.30. The Hall–Kier alpha value is -2.24. The van der Waals surface area contributed by atoms with Crippen LogP contribution in [0.15, 0.2) is 42.5 Å². The predicted molar refractivity (Wildman–Crippen MR) is 81.0 cm³/mol. The van der Waals surface area contributed by atoms with E-state index < -0.39 is 6.04 Å². The first kappa shape index (κ1) is 13.7. The van der Waals surface area contributed by atoms with Crippen LogP contribution in [-0.2, 0) is 7.05 Å². The van der Waals surface area contributed by atoms with E-state index in [-0.39, 0.29) is 5.82 Å². The number of rotatable bonds is 3. The molecular formula is C16H17FN4. The van der Waals surface area contributed by atoms with Gasteiger partial charge in [0.05, 0.1) is 17.3 Å². The van der Waals surface area contributed by atoms with Crippen molar-refractivity contribution in [2.75, 3.05) is 0 Å². The molecule has 0 saturated heterocycles. The van der Waals surface area contributed by atoms with Crippen LogP contribution in [0.4, 0.5) is 4.39 Å². The number of para-hydroxylation sites is 1. The van der Waals surface area contributed by atoms with Gasteiger partial charge in [-0.1, -0.05) is 35.9 Å². The summed E-state index contributed by atoms with van der Waals surface area (Å²) in [6, 6.07) is 12.3. The first-order valence-corrected chi connectivity index (χ1v) is 6.75. The van der Waals surface area contributed by atoms with Crippen LogP contribution in [0, 0.1) is 12.7 Å². The molecule has 21 heavy (non-hydrogen) atoms. The summed E-state index contributed by atoms with van der Waals surface area (Å²) in [5.74, 6) is 5.40. The Labute approximate surface area is 122 Å². The Balaban J connectivity index is 2.21. The number of nitrogens with two attached hydrogens (primary N) is 1. The highest BCUT2D eigenvalue weighted by molar-refractivity contribution is 5.82. The van der Waals surface area contributed by atoms with Gasteiger partial charge in [-0.15, -0.1) is 0 Å². The molecule has 0 aliphatic heterocycles. The van der Waals surface area contributed by atoms with E-state index in [2.05, 4.69) is 10.5 Å². The summed E-state index contributed by atoms with van der Waals surface area (Å²) in [5.41, 5.74) is 5.88. The number of aromatic nitrogens is 2. The van der Waals surface area contributed by atoms with Crippen molar-refractivity contribution in [3.63, 3.8) is 0 Å². The van der Waals surface area contributed by atoms with Gasteiger partial charge in [-0.25, -0.2) is 9.82 Å². The number of benzene rings is 2. The second-order valence-corrected chi connectivity index (χ2v) is 5.15. The number of halogens is 1. The molecule has 1 atom stereocenters. The minimum Gasteiger partial charge on any atom is -0.271 e.